The van der Waals surface area contributed by atoms with Crippen molar-refractivity contribution in [3.05, 3.63) is 35.4 Å². The highest BCUT2D eigenvalue weighted by Gasteiger charge is 2.04. The molecule has 5 heteroatoms. The monoisotopic (exact) mass is 293 g/mol. The molecule has 1 aromatic carbocycles. The Morgan fingerprint density at radius 1 is 1.19 bits per heavy atom. The van der Waals surface area contributed by atoms with Crippen LogP contribution >= 0.6 is 0 Å². The maximum Gasteiger partial charge on any atom is 0.329 e. The number of amides is 1. The summed E-state index contributed by atoms with van der Waals surface area (Å²) in [4.78, 5) is 21.9. The summed E-state index contributed by atoms with van der Waals surface area (Å²) in [6.07, 6.45) is 1.36. The molecule has 0 radical (unpaired) electrons. The van der Waals surface area contributed by atoms with Crippen LogP contribution in [0.3, 0.4) is 0 Å². The van der Waals surface area contributed by atoms with Gasteiger partial charge in [-0.1, -0.05) is 38.1 Å². The molecule has 21 heavy (non-hydrogen) atoms. The van der Waals surface area contributed by atoms with Crippen LogP contribution in [0.1, 0.15) is 25.0 Å². The lowest BCUT2D eigenvalue weighted by atomic mass is 10.0. The molecule has 1 amide bonds. The van der Waals surface area contributed by atoms with Crippen LogP contribution in [0.25, 0.3) is 0 Å². The summed E-state index contributed by atoms with van der Waals surface area (Å²) >= 11 is 0. The molecular formula is C16H23NO4. The van der Waals surface area contributed by atoms with Crippen LogP contribution in [-0.2, 0) is 27.2 Å². The molecule has 0 aromatic heterocycles. The van der Waals surface area contributed by atoms with Gasteiger partial charge in [0.2, 0.25) is 5.91 Å². The topological polar surface area (TPSA) is 75.6 Å². The van der Waals surface area contributed by atoms with Crippen LogP contribution in [0.15, 0.2) is 24.3 Å². The molecule has 0 heterocycles. The first-order valence-corrected chi connectivity index (χ1v) is 7.11. The van der Waals surface area contributed by atoms with Crippen molar-refractivity contribution in [1.29, 1.82) is 0 Å². The van der Waals surface area contributed by atoms with Crippen LogP contribution in [0.5, 0.6) is 0 Å². The van der Waals surface area contributed by atoms with E-state index in [1.165, 1.54) is 5.56 Å². The summed E-state index contributed by atoms with van der Waals surface area (Å²) in [5.74, 6) is -0.488. The molecule has 1 aromatic rings. The van der Waals surface area contributed by atoms with Gasteiger partial charge in [-0.25, -0.2) is 4.79 Å². The highest BCUT2D eigenvalue weighted by Crippen LogP contribution is 2.10. The van der Waals surface area contributed by atoms with Crippen molar-refractivity contribution in [3.8, 4) is 0 Å². The Labute approximate surface area is 125 Å². The zero-order chi connectivity index (χ0) is 15.7. The van der Waals surface area contributed by atoms with E-state index < -0.39 is 5.97 Å². The number of rotatable bonds is 9. The number of nitrogens with one attached hydrogen (secondary N) is 1. The number of aliphatic carboxylic acids is 1. The number of ether oxygens (including phenoxy) is 1. The van der Waals surface area contributed by atoms with E-state index in [2.05, 4.69) is 31.3 Å². The molecule has 0 saturated carbocycles. The average molecular weight is 293 g/mol. The standard InChI is InChI=1S/C16H23NO4/c1-12(2)9-13-3-5-14(6-4-13)10-15(18)17-7-8-21-11-16(19)20/h3-6,12H,7-11H2,1-2H3,(H,17,18)(H,19,20). The van der Waals surface area contributed by atoms with E-state index >= 15 is 0 Å². The summed E-state index contributed by atoms with van der Waals surface area (Å²) in [7, 11) is 0. The van der Waals surface area contributed by atoms with Gasteiger partial charge in [-0.05, 0) is 23.5 Å². The summed E-state index contributed by atoms with van der Waals surface area (Å²) in [5.41, 5.74) is 2.24. The lowest BCUT2D eigenvalue weighted by Gasteiger charge is -2.07. The number of hydrogen-bond acceptors (Lipinski definition) is 3. The first kappa shape index (κ1) is 17.2. The van der Waals surface area contributed by atoms with Gasteiger partial charge in [0, 0.05) is 6.54 Å². The summed E-state index contributed by atoms with van der Waals surface area (Å²) in [5, 5.41) is 11.1. The molecule has 0 aliphatic carbocycles. The summed E-state index contributed by atoms with van der Waals surface area (Å²) in [6, 6.07) is 8.05. The number of carbonyl (C=O) groups excluding carboxylic acids is 1. The van der Waals surface area contributed by atoms with Gasteiger partial charge >= 0.3 is 5.97 Å². The molecule has 0 unspecified atom stereocenters. The Balaban J connectivity index is 2.26. The summed E-state index contributed by atoms with van der Waals surface area (Å²) in [6.45, 7) is 4.53. The molecule has 0 bridgehead atoms. The Morgan fingerprint density at radius 2 is 1.81 bits per heavy atom. The molecule has 0 spiro atoms. The van der Waals surface area contributed by atoms with Crippen molar-refractivity contribution < 1.29 is 19.4 Å². The second kappa shape index (κ2) is 9.13. The van der Waals surface area contributed by atoms with Gasteiger partial charge in [0.05, 0.1) is 13.0 Å². The fraction of sp³-hybridized carbons (Fsp3) is 0.500. The average Bonchev–Trinajstić information content (AvgIpc) is 2.39. The van der Waals surface area contributed by atoms with E-state index in [1.807, 2.05) is 12.1 Å². The fourth-order valence-electron chi connectivity index (χ4n) is 1.93. The molecule has 0 atom stereocenters. The normalized spacial score (nSPS) is 10.6. The zero-order valence-electron chi connectivity index (χ0n) is 12.6. The van der Waals surface area contributed by atoms with Crippen LogP contribution in [-0.4, -0.2) is 36.7 Å². The van der Waals surface area contributed by atoms with E-state index in [-0.39, 0.29) is 19.1 Å². The predicted molar refractivity (Wildman–Crippen MR) is 80.2 cm³/mol. The van der Waals surface area contributed by atoms with Crippen LogP contribution in [0, 0.1) is 5.92 Å². The van der Waals surface area contributed by atoms with Gasteiger partial charge in [-0.3, -0.25) is 4.79 Å². The highest BCUT2D eigenvalue weighted by molar-refractivity contribution is 5.78. The van der Waals surface area contributed by atoms with Gasteiger partial charge in [0.25, 0.3) is 0 Å². The minimum absolute atomic E-state index is 0.0921. The smallest absolute Gasteiger partial charge is 0.329 e. The number of carboxylic acid groups (broad SMARTS) is 1. The number of carboxylic acids is 1. The summed E-state index contributed by atoms with van der Waals surface area (Å²) < 4.78 is 4.83. The van der Waals surface area contributed by atoms with E-state index in [9.17, 15) is 9.59 Å². The van der Waals surface area contributed by atoms with Crippen molar-refractivity contribution in [2.45, 2.75) is 26.7 Å². The quantitative estimate of drug-likeness (QED) is 0.679. The second-order valence-electron chi connectivity index (χ2n) is 5.39. The van der Waals surface area contributed by atoms with E-state index in [0.29, 0.717) is 18.9 Å². The van der Waals surface area contributed by atoms with Crippen LogP contribution < -0.4 is 5.32 Å². The first-order chi connectivity index (χ1) is 9.97. The minimum Gasteiger partial charge on any atom is -0.480 e. The molecule has 0 saturated heterocycles. The van der Waals surface area contributed by atoms with Gasteiger partial charge in [0.15, 0.2) is 0 Å². The fourth-order valence-corrected chi connectivity index (χ4v) is 1.93. The maximum atomic E-state index is 11.7. The van der Waals surface area contributed by atoms with E-state index in [1.54, 1.807) is 0 Å². The minimum atomic E-state index is -1.01. The van der Waals surface area contributed by atoms with Crippen molar-refractivity contribution in [1.82, 2.24) is 5.32 Å². The lowest BCUT2D eigenvalue weighted by Crippen LogP contribution is -2.29. The molecular weight excluding hydrogens is 270 g/mol. The van der Waals surface area contributed by atoms with Crippen molar-refractivity contribution in [3.63, 3.8) is 0 Å². The Kier molecular flexibility index (Phi) is 7.46. The largest absolute Gasteiger partial charge is 0.480 e. The van der Waals surface area contributed by atoms with Crippen LogP contribution in [0.4, 0.5) is 0 Å². The Hall–Kier alpha value is -1.88. The van der Waals surface area contributed by atoms with Gasteiger partial charge < -0.3 is 15.2 Å². The Morgan fingerprint density at radius 3 is 2.38 bits per heavy atom. The Bertz CT molecular complexity index is 454. The maximum absolute atomic E-state index is 11.7. The van der Waals surface area contributed by atoms with Gasteiger partial charge in [-0.2, -0.15) is 0 Å². The predicted octanol–water partition coefficient (Wildman–Crippen LogP) is 1.64. The van der Waals surface area contributed by atoms with Crippen LogP contribution in [0.2, 0.25) is 0 Å². The van der Waals surface area contributed by atoms with Gasteiger partial charge in [-0.15, -0.1) is 0 Å². The highest BCUT2D eigenvalue weighted by atomic mass is 16.5. The molecule has 0 fully saturated rings. The van der Waals surface area contributed by atoms with Crippen molar-refractivity contribution in [2.24, 2.45) is 5.92 Å². The second-order valence-corrected chi connectivity index (χ2v) is 5.39. The molecule has 0 aliphatic heterocycles. The third-order valence-corrected chi connectivity index (χ3v) is 2.83. The van der Waals surface area contributed by atoms with E-state index in [0.717, 1.165) is 12.0 Å². The lowest BCUT2D eigenvalue weighted by molar-refractivity contribution is -0.142. The van der Waals surface area contributed by atoms with Gasteiger partial charge in [0.1, 0.15) is 6.61 Å². The number of hydrogen-bond donors (Lipinski definition) is 2. The molecule has 5 nitrogen and oxygen atoms in total. The van der Waals surface area contributed by atoms with Crippen molar-refractivity contribution in [2.75, 3.05) is 19.8 Å². The number of benzene rings is 1. The SMILES string of the molecule is CC(C)Cc1ccc(CC(=O)NCCOCC(=O)O)cc1. The zero-order valence-corrected chi connectivity index (χ0v) is 12.6. The molecule has 0 aliphatic rings. The molecule has 1 rings (SSSR count). The number of carbonyl (C=O) groups is 2. The third-order valence-electron chi connectivity index (χ3n) is 2.83. The molecule has 2 N–H and O–H groups in total. The third kappa shape index (κ3) is 8.09. The molecule has 116 valence electrons. The first-order valence-electron chi connectivity index (χ1n) is 7.11. The van der Waals surface area contributed by atoms with E-state index in [4.69, 9.17) is 9.84 Å². The van der Waals surface area contributed by atoms with Crippen molar-refractivity contribution >= 4 is 11.9 Å².